The number of hydrogen-bond donors (Lipinski definition) is 2. The van der Waals surface area contributed by atoms with Gasteiger partial charge in [-0.3, -0.25) is 27.9 Å². The summed E-state index contributed by atoms with van der Waals surface area (Å²) in [5, 5.41) is 3.35. The Kier molecular flexibility index (Phi) is 9.79. The number of rotatable bonds is 10. The van der Waals surface area contributed by atoms with Crippen molar-refractivity contribution in [2.75, 3.05) is 7.11 Å². The Morgan fingerprint density at radius 1 is 0.830 bits per heavy atom. The summed E-state index contributed by atoms with van der Waals surface area (Å²) in [6, 6.07) is 4.44. The molecule has 53 heavy (non-hydrogen) atoms. The molecule has 0 aliphatic carbocycles. The summed E-state index contributed by atoms with van der Waals surface area (Å²) in [4.78, 5) is 98.3. The zero-order valence-electron chi connectivity index (χ0n) is 30.2. The van der Waals surface area contributed by atoms with Crippen LogP contribution >= 0.6 is 0 Å². The minimum absolute atomic E-state index is 0.0179. The van der Waals surface area contributed by atoms with Gasteiger partial charge in [0, 0.05) is 57.6 Å². The van der Waals surface area contributed by atoms with Gasteiger partial charge in [-0.05, 0) is 30.0 Å². The fraction of sp³-hybridized carbons (Fsp3) is 0.371. The third-order valence-electron chi connectivity index (χ3n) is 9.45. The fourth-order valence-electron chi connectivity index (χ4n) is 6.53. The fourth-order valence-corrected chi connectivity index (χ4v) is 6.53. The molecule has 2 unspecified atom stereocenters. The third-order valence-corrected chi connectivity index (χ3v) is 9.45. The van der Waals surface area contributed by atoms with Gasteiger partial charge < -0.3 is 19.8 Å². The number of nitrogens with one attached hydrogen (secondary N) is 2. The molecule has 2 N–H and O–H groups in total. The van der Waals surface area contributed by atoms with Gasteiger partial charge in [0.05, 0.1) is 25.2 Å². The molecule has 5 aromatic heterocycles. The van der Waals surface area contributed by atoms with E-state index < -0.39 is 46.7 Å². The Bertz CT molecular complexity index is 2670. The predicted molar refractivity (Wildman–Crippen MR) is 193 cm³/mol. The Balaban J connectivity index is 1.36. The number of hydrogen-bond acceptors (Lipinski definition) is 12. The lowest BCUT2D eigenvalue weighted by Crippen LogP contribution is -2.43. The topological polar surface area (TPSA) is 220 Å². The molecule has 0 bridgehead atoms. The molecule has 0 aliphatic rings. The van der Waals surface area contributed by atoms with Crippen LogP contribution in [0.5, 0.6) is 0 Å². The molecule has 0 aliphatic heterocycles. The quantitative estimate of drug-likeness (QED) is 0.191. The first-order valence-corrected chi connectivity index (χ1v) is 16.8. The summed E-state index contributed by atoms with van der Waals surface area (Å²) in [7, 11) is 6.89. The Labute approximate surface area is 300 Å². The first-order valence-electron chi connectivity index (χ1n) is 16.8. The van der Waals surface area contributed by atoms with E-state index in [-0.39, 0.29) is 46.8 Å². The van der Waals surface area contributed by atoms with E-state index in [1.807, 2.05) is 25.1 Å². The van der Waals surface area contributed by atoms with E-state index in [9.17, 15) is 28.8 Å². The molecule has 1 amide bonds. The van der Waals surface area contributed by atoms with Crippen molar-refractivity contribution >= 4 is 45.3 Å². The maximum absolute atomic E-state index is 13.9. The molecule has 0 saturated heterocycles. The smallest absolute Gasteiger partial charge is 0.407 e. The minimum Gasteiger partial charge on any atom is -0.454 e. The highest BCUT2D eigenvalue weighted by Gasteiger charge is 2.30. The normalized spacial score (nSPS) is 13.3. The lowest BCUT2D eigenvalue weighted by Gasteiger charge is -2.22. The summed E-state index contributed by atoms with van der Waals surface area (Å²) in [6.07, 6.45) is 3.61. The van der Waals surface area contributed by atoms with Gasteiger partial charge in [0.25, 0.3) is 11.1 Å². The Hall–Kier alpha value is -6.46. The first-order chi connectivity index (χ1) is 25.3. The van der Waals surface area contributed by atoms with Crippen LogP contribution in [-0.2, 0) is 48.9 Å². The molecule has 5 heterocycles. The molecule has 18 heteroatoms. The molecule has 6 aromatic rings. The van der Waals surface area contributed by atoms with Crippen molar-refractivity contribution in [2.45, 2.75) is 51.2 Å². The number of alkyl carbamates (subject to hydrolysis) is 1. The number of H-pyrrole nitrogens is 1. The van der Waals surface area contributed by atoms with E-state index >= 15 is 0 Å². The van der Waals surface area contributed by atoms with Crippen LogP contribution < -0.4 is 27.8 Å². The number of benzene rings is 1. The van der Waals surface area contributed by atoms with Crippen LogP contribution in [0.15, 0.2) is 56.0 Å². The van der Waals surface area contributed by atoms with Crippen LogP contribution in [-0.4, -0.2) is 68.4 Å². The second-order valence-electron chi connectivity index (χ2n) is 12.6. The molecule has 18 nitrogen and oxygen atoms in total. The number of aryl methyl sites for hydroxylation is 2. The second kappa shape index (κ2) is 14.3. The predicted octanol–water partition coefficient (Wildman–Crippen LogP) is 1.35. The van der Waals surface area contributed by atoms with Gasteiger partial charge in [0.15, 0.2) is 22.3 Å². The van der Waals surface area contributed by atoms with Crippen molar-refractivity contribution in [1.29, 1.82) is 0 Å². The van der Waals surface area contributed by atoms with E-state index in [1.54, 1.807) is 19.3 Å². The number of fused-ring (bicyclic) bond motifs is 3. The van der Waals surface area contributed by atoms with E-state index in [0.717, 1.165) is 25.6 Å². The molecule has 1 aromatic carbocycles. The van der Waals surface area contributed by atoms with Crippen molar-refractivity contribution in [3.05, 3.63) is 101 Å². The van der Waals surface area contributed by atoms with Crippen molar-refractivity contribution in [3.63, 3.8) is 0 Å². The molecule has 0 saturated carbocycles. The van der Waals surface area contributed by atoms with Crippen molar-refractivity contribution in [1.82, 2.24) is 48.5 Å². The highest BCUT2D eigenvalue weighted by atomic mass is 16.6. The molecule has 3 atom stereocenters. The van der Waals surface area contributed by atoms with Gasteiger partial charge in [-0.25, -0.2) is 39.1 Å². The first kappa shape index (κ1) is 36.3. The largest absolute Gasteiger partial charge is 0.454 e. The van der Waals surface area contributed by atoms with E-state index in [2.05, 4.69) is 25.3 Å². The molecule has 276 valence electrons. The number of aromatic nitrogens is 9. The van der Waals surface area contributed by atoms with Crippen LogP contribution in [0.2, 0.25) is 0 Å². The maximum Gasteiger partial charge on any atom is 0.407 e. The highest BCUT2D eigenvalue weighted by molar-refractivity contribution is 5.89. The van der Waals surface area contributed by atoms with Crippen LogP contribution in [0.3, 0.4) is 0 Å². The van der Waals surface area contributed by atoms with Crippen molar-refractivity contribution in [3.8, 4) is 0 Å². The zero-order chi connectivity index (χ0) is 38.3. The summed E-state index contributed by atoms with van der Waals surface area (Å²) in [5.41, 5.74) is 0.909. The summed E-state index contributed by atoms with van der Waals surface area (Å²) in [6.45, 7) is 3.73. The Morgan fingerprint density at radius 3 is 1.98 bits per heavy atom. The molecule has 6 rings (SSSR count). The van der Waals surface area contributed by atoms with Crippen molar-refractivity contribution < 1.29 is 19.1 Å². The molecular formula is C35H38N10O8. The molecule has 0 spiro atoms. The van der Waals surface area contributed by atoms with Gasteiger partial charge in [0.2, 0.25) is 0 Å². The Morgan fingerprint density at radius 2 is 1.42 bits per heavy atom. The second-order valence-corrected chi connectivity index (χ2v) is 12.6. The van der Waals surface area contributed by atoms with Crippen molar-refractivity contribution in [2.24, 2.45) is 28.2 Å². The van der Waals surface area contributed by atoms with Crippen LogP contribution in [0, 0.1) is 0 Å². The lowest BCUT2D eigenvalue weighted by atomic mass is 9.88. The number of aromatic amines is 1. The minimum atomic E-state index is -1.23. The van der Waals surface area contributed by atoms with E-state index in [0.29, 0.717) is 17.7 Å². The SMILES string of the molecule is CCC(c1cnc2c(n1)c(=O)n(C)c(=O)n2C)c1cccc2[nH]cc(CC(NC(=O)OC)C(=O)O[C@H](CC)c3cnc4c(n3)c(=O)n(C)c(=O)n4C)c12. The van der Waals surface area contributed by atoms with Gasteiger partial charge in [-0.2, -0.15) is 0 Å². The number of carbonyl (C=O) groups excluding carboxylic acids is 2. The zero-order valence-corrected chi connectivity index (χ0v) is 30.2. The number of methoxy groups -OCH3 is 1. The highest BCUT2D eigenvalue weighted by Crippen LogP contribution is 2.35. The van der Waals surface area contributed by atoms with Gasteiger partial charge in [0.1, 0.15) is 17.8 Å². The molecule has 0 radical (unpaired) electrons. The monoisotopic (exact) mass is 726 g/mol. The molecular weight excluding hydrogens is 688 g/mol. The van der Waals surface area contributed by atoms with Gasteiger partial charge in [-0.1, -0.05) is 26.0 Å². The summed E-state index contributed by atoms with van der Waals surface area (Å²) in [5.74, 6) is -1.15. The van der Waals surface area contributed by atoms with Crippen LogP contribution in [0.4, 0.5) is 4.79 Å². The summed E-state index contributed by atoms with van der Waals surface area (Å²) < 4.78 is 15.1. The number of amides is 1. The van der Waals surface area contributed by atoms with Crippen LogP contribution in [0.1, 0.15) is 61.2 Å². The third kappa shape index (κ3) is 6.36. The van der Waals surface area contributed by atoms with E-state index in [4.69, 9.17) is 14.5 Å². The number of ether oxygens (including phenoxy) is 2. The van der Waals surface area contributed by atoms with E-state index in [1.165, 1.54) is 50.6 Å². The van der Waals surface area contributed by atoms with Gasteiger partial charge in [-0.15, -0.1) is 0 Å². The number of nitrogens with zero attached hydrogens (tertiary/aromatic N) is 8. The molecule has 0 fully saturated rings. The average molecular weight is 727 g/mol. The van der Waals surface area contributed by atoms with Crippen LogP contribution in [0.25, 0.3) is 33.2 Å². The maximum atomic E-state index is 13.9. The number of carbonyl (C=O) groups is 2. The number of esters is 1. The average Bonchev–Trinajstić information content (AvgIpc) is 3.59. The lowest BCUT2D eigenvalue weighted by molar-refractivity contribution is -0.152. The van der Waals surface area contributed by atoms with Gasteiger partial charge >= 0.3 is 23.4 Å². The summed E-state index contributed by atoms with van der Waals surface area (Å²) >= 11 is 0. The standard InChI is InChI=1S/C35H38N10O8/c1-8-18(22-15-37-28-26(39-22)30(46)44(5)34(50)42(28)3)19-11-10-12-20-25(19)17(14-36-20)13-21(41-33(49)52-7)32(48)53-24(9-2)23-16-38-29-27(40-23)31(47)45(6)35(51)43(29)4/h10-12,14-16,18,21,24,36H,8-9,13H2,1-7H3,(H,41,49)/t18?,21?,24-/m1/s1.